The van der Waals surface area contributed by atoms with Gasteiger partial charge in [-0.2, -0.15) is 10.5 Å². The van der Waals surface area contributed by atoms with Gasteiger partial charge in [0.15, 0.2) is 11.2 Å². The van der Waals surface area contributed by atoms with Crippen molar-refractivity contribution in [3.8, 4) is 34.4 Å². The highest BCUT2D eigenvalue weighted by Crippen LogP contribution is 2.51. The van der Waals surface area contributed by atoms with Crippen LogP contribution in [0.3, 0.4) is 0 Å². The molecule has 0 amide bonds. The third-order valence-corrected chi connectivity index (χ3v) is 14.2. The van der Waals surface area contributed by atoms with Crippen molar-refractivity contribution in [2.24, 2.45) is 0 Å². The second-order valence-electron chi connectivity index (χ2n) is 18.3. The third-order valence-electron chi connectivity index (χ3n) is 14.2. The lowest BCUT2D eigenvalue weighted by Crippen LogP contribution is -2.12. The fraction of sp³-hybridized carbons (Fsp3) is 0. The van der Waals surface area contributed by atoms with Gasteiger partial charge in [0, 0.05) is 43.7 Å². The van der Waals surface area contributed by atoms with E-state index in [9.17, 15) is 10.5 Å². The van der Waals surface area contributed by atoms with Crippen molar-refractivity contribution in [3.05, 3.63) is 242 Å². The molecule has 14 aromatic rings. The number of fused-ring (bicyclic) bond motifs is 6. The van der Waals surface area contributed by atoms with Gasteiger partial charge in [0.2, 0.25) is 0 Å². The first-order chi connectivity index (χ1) is 35.6. The van der Waals surface area contributed by atoms with Crippen LogP contribution in [0, 0.1) is 22.7 Å². The van der Waals surface area contributed by atoms with Crippen molar-refractivity contribution >= 4 is 110 Å². The Morgan fingerprint density at radius 2 is 0.708 bits per heavy atom. The molecule has 0 unspecified atom stereocenters. The minimum Gasteiger partial charge on any atom is -0.454 e. The number of nitriles is 2. The second-order valence-corrected chi connectivity index (χ2v) is 18.3. The van der Waals surface area contributed by atoms with E-state index in [0.717, 1.165) is 133 Å². The molecule has 0 fully saturated rings. The molecule has 12 aromatic carbocycles. The van der Waals surface area contributed by atoms with E-state index in [2.05, 4.69) is 155 Å². The first-order valence-corrected chi connectivity index (χ1v) is 23.9. The molecule has 72 heavy (non-hydrogen) atoms. The maximum atomic E-state index is 10.6. The molecule has 6 nitrogen and oxygen atoms in total. The van der Waals surface area contributed by atoms with Crippen LogP contribution in [0.15, 0.2) is 239 Å². The summed E-state index contributed by atoms with van der Waals surface area (Å²) in [5.74, 6) is 0. The van der Waals surface area contributed by atoms with E-state index in [0.29, 0.717) is 11.1 Å². The summed E-state index contributed by atoms with van der Waals surface area (Å²) in [6.07, 6.45) is 0. The Bertz CT molecular complexity index is 4270. The molecule has 0 N–H and O–H groups in total. The number of hydrogen-bond acceptors (Lipinski definition) is 6. The van der Waals surface area contributed by atoms with Crippen LogP contribution in [-0.4, -0.2) is 0 Å². The molecular weight excluding hydrogens is 881 g/mol. The van der Waals surface area contributed by atoms with Crippen LogP contribution in [0.25, 0.3) is 98.4 Å². The van der Waals surface area contributed by atoms with Crippen LogP contribution in [-0.2, 0) is 0 Å². The summed E-state index contributed by atoms with van der Waals surface area (Å²) in [5, 5.41) is 31.7. The first kappa shape index (κ1) is 40.9. The van der Waals surface area contributed by atoms with Gasteiger partial charge in [0.25, 0.3) is 0 Å². The Balaban J connectivity index is 1.05. The van der Waals surface area contributed by atoms with Crippen LogP contribution in [0.5, 0.6) is 0 Å². The number of para-hydroxylation sites is 4. The highest BCUT2D eigenvalue weighted by molar-refractivity contribution is 6.29. The summed E-state index contributed by atoms with van der Waals surface area (Å²) in [7, 11) is 0. The quantitative estimate of drug-likeness (QED) is 0.141. The number of furan rings is 2. The number of nitrogens with zero attached hydrogens (tertiary/aromatic N) is 4. The molecule has 0 aliphatic carbocycles. The van der Waals surface area contributed by atoms with Gasteiger partial charge in [0.05, 0.1) is 46.0 Å². The van der Waals surface area contributed by atoms with E-state index in [1.807, 2.05) is 97.1 Å². The van der Waals surface area contributed by atoms with E-state index in [4.69, 9.17) is 8.83 Å². The van der Waals surface area contributed by atoms with E-state index < -0.39 is 0 Å². The summed E-state index contributed by atoms with van der Waals surface area (Å²) in [4.78, 5) is 4.52. The Morgan fingerprint density at radius 1 is 0.306 bits per heavy atom. The van der Waals surface area contributed by atoms with E-state index >= 15 is 0 Å². The normalized spacial score (nSPS) is 11.6. The van der Waals surface area contributed by atoms with Gasteiger partial charge in [-0.3, -0.25) is 0 Å². The lowest BCUT2D eigenvalue weighted by atomic mass is 9.91. The zero-order valence-electron chi connectivity index (χ0n) is 38.5. The molecular formula is C66H38N4O2. The third kappa shape index (κ3) is 6.41. The van der Waals surface area contributed by atoms with Crippen LogP contribution in [0.1, 0.15) is 11.1 Å². The predicted octanol–water partition coefficient (Wildman–Crippen LogP) is 18.4. The molecule has 0 aliphatic heterocycles. The summed E-state index contributed by atoms with van der Waals surface area (Å²) < 4.78 is 13.6. The highest BCUT2D eigenvalue weighted by atomic mass is 16.3. The summed E-state index contributed by atoms with van der Waals surface area (Å²) in [6, 6.07) is 84.2. The second kappa shape index (κ2) is 16.2. The van der Waals surface area contributed by atoms with Crippen molar-refractivity contribution in [1.82, 2.24) is 0 Å². The molecule has 2 heterocycles. The maximum Gasteiger partial charge on any atom is 0.159 e. The fourth-order valence-electron chi connectivity index (χ4n) is 11.0. The molecule has 0 atom stereocenters. The zero-order chi connectivity index (χ0) is 47.9. The Morgan fingerprint density at radius 3 is 1.15 bits per heavy atom. The summed E-state index contributed by atoms with van der Waals surface area (Å²) >= 11 is 0. The van der Waals surface area contributed by atoms with E-state index in [-0.39, 0.29) is 0 Å². The topological polar surface area (TPSA) is 80.3 Å². The van der Waals surface area contributed by atoms with Crippen LogP contribution < -0.4 is 9.80 Å². The van der Waals surface area contributed by atoms with Gasteiger partial charge < -0.3 is 18.6 Å². The van der Waals surface area contributed by atoms with Gasteiger partial charge in [0.1, 0.15) is 11.2 Å². The Kier molecular flexibility index (Phi) is 9.23. The molecule has 2 aromatic heterocycles. The monoisotopic (exact) mass is 918 g/mol. The molecule has 0 radical (unpaired) electrons. The van der Waals surface area contributed by atoms with Gasteiger partial charge >= 0.3 is 0 Å². The summed E-state index contributed by atoms with van der Waals surface area (Å²) in [6.45, 7) is 0. The van der Waals surface area contributed by atoms with E-state index in [1.165, 1.54) is 0 Å². The molecule has 0 saturated carbocycles. The average molecular weight is 919 g/mol. The standard InChI is InChI=1S/C66H38N4O2/c67-39-41-33-47(43-13-3-1-4-14-43)37-49(35-41)69(59-21-11-19-53-51-17-7-9-23-61(51)71-65(53)59)57-31-27-45-26-30-56-58(32-28-46-25-29-55(57)63(45)64(46)56)70(50-36-42(40-68)34-48(38-50)44-15-5-2-6-16-44)60-22-12-20-54-52-18-8-10-24-62(52)72-66(54)60/h1-38H. The minimum atomic E-state index is 0.547. The fourth-order valence-corrected chi connectivity index (χ4v) is 11.0. The van der Waals surface area contributed by atoms with Gasteiger partial charge in [-0.25, -0.2) is 0 Å². The highest BCUT2D eigenvalue weighted by Gasteiger charge is 2.27. The van der Waals surface area contributed by atoms with Crippen LogP contribution in [0.2, 0.25) is 0 Å². The molecule has 14 rings (SSSR count). The molecule has 0 spiro atoms. The van der Waals surface area contributed by atoms with Crippen molar-refractivity contribution in [2.45, 2.75) is 0 Å². The minimum absolute atomic E-state index is 0.547. The van der Waals surface area contributed by atoms with Crippen molar-refractivity contribution < 1.29 is 8.83 Å². The molecule has 0 saturated heterocycles. The Hall–Kier alpha value is -10.1. The predicted molar refractivity (Wildman–Crippen MR) is 294 cm³/mol. The molecule has 334 valence electrons. The van der Waals surface area contributed by atoms with Crippen molar-refractivity contribution in [1.29, 1.82) is 10.5 Å². The number of hydrogen-bond donors (Lipinski definition) is 0. The van der Waals surface area contributed by atoms with Crippen molar-refractivity contribution in [3.63, 3.8) is 0 Å². The Labute approximate surface area is 413 Å². The number of benzene rings is 12. The lowest BCUT2D eigenvalue weighted by molar-refractivity contribution is 0.669. The SMILES string of the molecule is N#Cc1cc(-c2ccccc2)cc(N(c2ccc3ccc4c(N(c5cc(C#N)cc(-c6ccccc6)c5)c5cccc6c5oc5ccccc56)ccc5ccc2c3c54)c2cccc3c2oc2ccccc23)c1. The number of rotatable bonds is 8. The first-order valence-electron chi connectivity index (χ1n) is 23.9. The van der Waals surface area contributed by atoms with Crippen molar-refractivity contribution in [2.75, 3.05) is 9.80 Å². The largest absolute Gasteiger partial charge is 0.454 e. The number of anilines is 6. The van der Waals surface area contributed by atoms with Gasteiger partial charge in [-0.1, -0.05) is 158 Å². The van der Waals surface area contributed by atoms with Gasteiger partial charge in [-0.15, -0.1) is 0 Å². The summed E-state index contributed by atoms with van der Waals surface area (Å²) in [5.41, 5.74) is 13.3. The van der Waals surface area contributed by atoms with Gasteiger partial charge in [-0.05, 0) is 117 Å². The zero-order valence-corrected chi connectivity index (χ0v) is 38.5. The maximum absolute atomic E-state index is 10.6. The van der Waals surface area contributed by atoms with E-state index in [1.54, 1.807) is 0 Å². The molecule has 0 aliphatic rings. The van der Waals surface area contributed by atoms with Crippen LogP contribution in [0.4, 0.5) is 34.1 Å². The lowest BCUT2D eigenvalue weighted by Gasteiger charge is -2.30. The average Bonchev–Trinajstić information content (AvgIpc) is 4.03. The molecule has 0 bridgehead atoms. The molecule has 6 heteroatoms. The van der Waals surface area contributed by atoms with Crippen LogP contribution >= 0.6 is 0 Å². The smallest absolute Gasteiger partial charge is 0.159 e.